The minimum absolute atomic E-state index is 0.0737. The highest BCUT2D eigenvalue weighted by Gasteiger charge is 2.32. The Morgan fingerprint density at radius 3 is 2.58 bits per heavy atom. The lowest BCUT2D eigenvalue weighted by Gasteiger charge is -2.22. The topological polar surface area (TPSA) is 57.6 Å². The SMILES string of the molecule is CC[C@@H](CO)N1CCCS1(=O)=O. The molecular formula is C7H15NO3S. The summed E-state index contributed by atoms with van der Waals surface area (Å²) in [5, 5.41) is 8.91. The summed E-state index contributed by atoms with van der Waals surface area (Å²) in [4.78, 5) is 0. The molecule has 1 saturated heterocycles. The van der Waals surface area contributed by atoms with Gasteiger partial charge in [-0.25, -0.2) is 8.42 Å². The Morgan fingerprint density at radius 2 is 2.25 bits per heavy atom. The van der Waals surface area contributed by atoms with E-state index in [0.29, 0.717) is 19.4 Å². The zero-order valence-electron chi connectivity index (χ0n) is 7.23. The summed E-state index contributed by atoms with van der Waals surface area (Å²) < 4.78 is 24.1. The Balaban J connectivity index is 2.74. The fraction of sp³-hybridized carbons (Fsp3) is 1.00. The quantitative estimate of drug-likeness (QED) is 0.675. The van der Waals surface area contributed by atoms with E-state index in [0.717, 1.165) is 0 Å². The van der Waals surface area contributed by atoms with E-state index >= 15 is 0 Å². The van der Waals surface area contributed by atoms with Gasteiger partial charge in [-0.3, -0.25) is 0 Å². The predicted octanol–water partition coefficient (Wildman–Crippen LogP) is -0.207. The van der Waals surface area contributed by atoms with E-state index in [-0.39, 0.29) is 18.4 Å². The third-order valence-corrected chi connectivity index (χ3v) is 4.23. The van der Waals surface area contributed by atoms with Crippen molar-refractivity contribution in [2.75, 3.05) is 18.9 Å². The van der Waals surface area contributed by atoms with Crippen molar-refractivity contribution in [3.63, 3.8) is 0 Å². The van der Waals surface area contributed by atoms with Crippen LogP contribution in [0.25, 0.3) is 0 Å². The van der Waals surface area contributed by atoms with E-state index in [1.54, 1.807) is 0 Å². The molecule has 72 valence electrons. The van der Waals surface area contributed by atoms with Crippen LogP contribution in [0.2, 0.25) is 0 Å². The first-order valence-electron chi connectivity index (χ1n) is 4.22. The van der Waals surface area contributed by atoms with E-state index in [1.807, 2.05) is 6.92 Å². The van der Waals surface area contributed by atoms with Crippen molar-refractivity contribution in [2.24, 2.45) is 0 Å². The van der Waals surface area contributed by atoms with E-state index in [4.69, 9.17) is 5.11 Å². The summed E-state index contributed by atoms with van der Waals surface area (Å²) in [6, 6.07) is -0.211. The molecule has 1 heterocycles. The van der Waals surface area contributed by atoms with Gasteiger partial charge in [-0.05, 0) is 12.8 Å². The van der Waals surface area contributed by atoms with Crippen molar-refractivity contribution < 1.29 is 13.5 Å². The summed E-state index contributed by atoms with van der Waals surface area (Å²) in [5.74, 6) is 0.240. The van der Waals surface area contributed by atoms with Crippen LogP contribution in [0.1, 0.15) is 19.8 Å². The molecule has 0 aromatic carbocycles. The van der Waals surface area contributed by atoms with Crippen LogP contribution in [0.15, 0.2) is 0 Å². The van der Waals surface area contributed by atoms with Crippen LogP contribution in [0.4, 0.5) is 0 Å². The van der Waals surface area contributed by atoms with Gasteiger partial charge in [0.1, 0.15) is 0 Å². The first kappa shape index (κ1) is 9.95. The van der Waals surface area contributed by atoms with Gasteiger partial charge in [-0.1, -0.05) is 6.92 Å². The van der Waals surface area contributed by atoms with Gasteiger partial charge in [0.25, 0.3) is 0 Å². The lowest BCUT2D eigenvalue weighted by atomic mass is 10.2. The summed E-state index contributed by atoms with van der Waals surface area (Å²) in [7, 11) is -3.04. The van der Waals surface area contributed by atoms with E-state index in [2.05, 4.69) is 0 Å². The number of rotatable bonds is 3. The second kappa shape index (κ2) is 3.72. The monoisotopic (exact) mass is 193 g/mol. The summed E-state index contributed by atoms with van der Waals surface area (Å²) in [6.07, 6.45) is 1.37. The normalized spacial score (nSPS) is 25.8. The van der Waals surface area contributed by atoms with Crippen molar-refractivity contribution in [2.45, 2.75) is 25.8 Å². The average Bonchev–Trinajstić information content (AvgIpc) is 2.34. The number of hydrogen-bond donors (Lipinski definition) is 1. The van der Waals surface area contributed by atoms with Crippen LogP contribution in [0, 0.1) is 0 Å². The molecule has 1 atom stereocenters. The highest BCUT2D eigenvalue weighted by Crippen LogP contribution is 2.18. The highest BCUT2D eigenvalue weighted by molar-refractivity contribution is 7.89. The molecule has 1 aliphatic rings. The van der Waals surface area contributed by atoms with Crippen molar-refractivity contribution in [1.29, 1.82) is 0 Å². The lowest BCUT2D eigenvalue weighted by molar-refractivity contribution is 0.189. The van der Waals surface area contributed by atoms with Gasteiger partial charge in [0.15, 0.2) is 0 Å². The van der Waals surface area contributed by atoms with Gasteiger partial charge in [0.05, 0.1) is 12.4 Å². The summed E-state index contributed by atoms with van der Waals surface area (Å²) >= 11 is 0. The molecule has 0 aromatic rings. The molecule has 12 heavy (non-hydrogen) atoms. The third-order valence-electron chi connectivity index (χ3n) is 2.23. The maximum atomic E-state index is 11.3. The molecule has 1 fully saturated rings. The van der Waals surface area contributed by atoms with Gasteiger partial charge in [-0.15, -0.1) is 0 Å². The molecule has 1 aliphatic heterocycles. The fourth-order valence-electron chi connectivity index (χ4n) is 1.49. The van der Waals surface area contributed by atoms with Gasteiger partial charge in [0, 0.05) is 12.6 Å². The maximum absolute atomic E-state index is 11.3. The van der Waals surface area contributed by atoms with Gasteiger partial charge >= 0.3 is 0 Å². The zero-order chi connectivity index (χ0) is 9.19. The van der Waals surface area contributed by atoms with E-state index in [9.17, 15) is 8.42 Å². The predicted molar refractivity (Wildman–Crippen MR) is 46.3 cm³/mol. The smallest absolute Gasteiger partial charge is 0.214 e. The molecule has 0 aliphatic carbocycles. The largest absolute Gasteiger partial charge is 0.395 e. The maximum Gasteiger partial charge on any atom is 0.214 e. The van der Waals surface area contributed by atoms with Crippen molar-refractivity contribution in [1.82, 2.24) is 4.31 Å². The molecular weight excluding hydrogens is 178 g/mol. The third kappa shape index (κ3) is 1.78. The first-order valence-corrected chi connectivity index (χ1v) is 5.83. The molecule has 5 heteroatoms. The molecule has 1 rings (SSSR count). The lowest BCUT2D eigenvalue weighted by Crippen LogP contribution is -2.38. The molecule has 0 saturated carbocycles. The molecule has 0 radical (unpaired) electrons. The zero-order valence-corrected chi connectivity index (χ0v) is 8.05. The van der Waals surface area contributed by atoms with E-state index in [1.165, 1.54) is 4.31 Å². The van der Waals surface area contributed by atoms with Crippen LogP contribution in [-0.2, 0) is 10.0 Å². The molecule has 0 amide bonds. The van der Waals surface area contributed by atoms with Crippen molar-refractivity contribution in [3.8, 4) is 0 Å². The van der Waals surface area contributed by atoms with Crippen LogP contribution in [0.3, 0.4) is 0 Å². The Morgan fingerprint density at radius 1 is 1.58 bits per heavy atom. The van der Waals surface area contributed by atoms with Gasteiger partial charge in [-0.2, -0.15) is 4.31 Å². The average molecular weight is 193 g/mol. The Hall–Kier alpha value is -0.130. The number of hydrogen-bond acceptors (Lipinski definition) is 3. The van der Waals surface area contributed by atoms with Gasteiger partial charge in [0.2, 0.25) is 10.0 Å². The van der Waals surface area contributed by atoms with E-state index < -0.39 is 10.0 Å². The Labute approximate surface area is 73.2 Å². The Kier molecular flexibility index (Phi) is 3.09. The van der Waals surface area contributed by atoms with Gasteiger partial charge < -0.3 is 5.11 Å². The first-order chi connectivity index (χ1) is 5.61. The number of sulfonamides is 1. The molecule has 4 nitrogen and oxygen atoms in total. The number of aliphatic hydroxyl groups excluding tert-OH is 1. The molecule has 0 aromatic heterocycles. The van der Waals surface area contributed by atoms with Crippen molar-refractivity contribution >= 4 is 10.0 Å². The fourth-order valence-corrected chi connectivity index (χ4v) is 3.30. The van der Waals surface area contributed by atoms with Crippen LogP contribution in [-0.4, -0.2) is 42.8 Å². The second-order valence-corrected chi connectivity index (χ2v) is 5.07. The van der Waals surface area contributed by atoms with Crippen molar-refractivity contribution in [3.05, 3.63) is 0 Å². The minimum atomic E-state index is -3.04. The number of aliphatic hydroxyl groups is 1. The number of nitrogens with zero attached hydrogens (tertiary/aromatic N) is 1. The summed E-state index contributed by atoms with van der Waals surface area (Å²) in [6.45, 7) is 2.38. The summed E-state index contributed by atoms with van der Waals surface area (Å²) in [5.41, 5.74) is 0. The Bertz CT molecular complexity index is 233. The van der Waals surface area contributed by atoms with Crippen LogP contribution in [0.5, 0.6) is 0 Å². The molecule has 0 bridgehead atoms. The van der Waals surface area contributed by atoms with Crippen LogP contribution < -0.4 is 0 Å². The standard InChI is InChI=1S/C7H15NO3S/c1-2-7(6-9)8-4-3-5-12(8,10)11/h7,9H,2-6H2,1H3/t7-/m0/s1. The molecule has 1 N–H and O–H groups in total. The minimum Gasteiger partial charge on any atom is -0.395 e. The second-order valence-electron chi connectivity index (χ2n) is 3.02. The molecule has 0 unspecified atom stereocenters. The highest BCUT2D eigenvalue weighted by atomic mass is 32.2. The van der Waals surface area contributed by atoms with Crippen LogP contribution >= 0.6 is 0 Å². The molecule has 0 spiro atoms.